The summed E-state index contributed by atoms with van der Waals surface area (Å²) in [5, 5.41) is 7.50. The Morgan fingerprint density at radius 1 is 1.00 bits per heavy atom. The number of piperazine rings is 2. The van der Waals surface area contributed by atoms with Gasteiger partial charge in [0.15, 0.2) is 0 Å². The van der Waals surface area contributed by atoms with Gasteiger partial charge in [-0.3, -0.25) is 19.1 Å². The minimum absolute atomic E-state index is 0.0484. The molecule has 202 valence electrons. The number of nitrogens with one attached hydrogen (secondary N) is 2. The van der Waals surface area contributed by atoms with Crippen LogP contribution in [0.2, 0.25) is 0 Å². The van der Waals surface area contributed by atoms with E-state index in [4.69, 9.17) is 4.98 Å². The van der Waals surface area contributed by atoms with E-state index < -0.39 is 0 Å². The SMILES string of the molecule is CSCCC(=O)N1CCN(c2ccc(Nc3ncc4ccc(=O)n(CCN5CCNCC5)c4n3)cc2)CC1. The van der Waals surface area contributed by atoms with Gasteiger partial charge in [-0.05, 0) is 36.6 Å². The molecule has 2 aliphatic rings. The zero-order valence-electron chi connectivity index (χ0n) is 21.9. The van der Waals surface area contributed by atoms with Crippen LogP contribution in [0.15, 0.2) is 47.4 Å². The third-order valence-electron chi connectivity index (χ3n) is 7.21. The molecule has 1 amide bonds. The molecule has 0 saturated carbocycles. The Labute approximate surface area is 227 Å². The summed E-state index contributed by atoms with van der Waals surface area (Å²) in [7, 11) is 0. The zero-order chi connectivity index (χ0) is 26.3. The topological polar surface area (TPSA) is 98.6 Å². The molecule has 11 heteroatoms. The predicted molar refractivity (Wildman–Crippen MR) is 155 cm³/mol. The molecule has 2 saturated heterocycles. The fourth-order valence-electron chi connectivity index (χ4n) is 4.97. The van der Waals surface area contributed by atoms with Crippen molar-refractivity contribution < 1.29 is 4.79 Å². The predicted octanol–water partition coefficient (Wildman–Crippen LogP) is 1.84. The highest BCUT2D eigenvalue weighted by Gasteiger charge is 2.21. The van der Waals surface area contributed by atoms with Crippen LogP contribution in [0.3, 0.4) is 0 Å². The first kappa shape index (κ1) is 26.5. The van der Waals surface area contributed by atoms with Crippen molar-refractivity contribution in [1.82, 2.24) is 29.7 Å². The number of hydrogen-bond donors (Lipinski definition) is 2. The summed E-state index contributed by atoms with van der Waals surface area (Å²) in [5.41, 5.74) is 2.61. The minimum Gasteiger partial charge on any atom is -0.368 e. The molecule has 38 heavy (non-hydrogen) atoms. The maximum Gasteiger partial charge on any atom is 0.252 e. The molecule has 0 bridgehead atoms. The van der Waals surface area contributed by atoms with Crippen LogP contribution in [0, 0.1) is 0 Å². The molecular weight excluding hydrogens is 500 g/mol. The maximum absolute atomic E-state index is 12.7. The van der Waals surface area contributed by atoms with Gasteiger partial charge in [0, 0.05) is 107 Å². The molecule has 2 aromatic heterocycles. The molecule has 1 aromatic carbocycles. The summed E-state index contributed by atoms with van der Waals surface area (Å²) < 4.78 is 1.75. The Morgan fingerprint density at radius 2 is 1.76 bits per heavy atom. The molecule has 2 fully saturated rings. The van der Waals surface area contributed by atoms with Crippen molar-refractivity contribution in [2.75, 3.05) is 81.1 Å². The Balaban J connectivity index is 1.22. The molecule has 0 spiro atoms. The molecule has 2 aliphatic heterocycles. The highest BCUT2D eigenvalue weighted by molar-refractivity contribution is 7.98. The number of carbonyl (C=O) groups is 1. The van der Waals surface area contributed by atoms with E-state index in [9.17, 15) is 9.59 Å². The van der Waals surface area contributed by atoms with Gasteiger partial charge >= 0.3 is 0 Å². The second-order valence-corrected chi connectivity index (χ2v) is 10.7. The highest BCUT2D eigenvalue weighted by atomic mass is 32.2. The van der Waals surface area contributed by atoms with Crippen LogP contribution in [0.1, 0.15) is 6.42 Å². The Hall–Kier alpha value is -3.15. The van der Waals surface area contributed by atoms with Crippen molar-refractivity contribution in [2.24, 2.45) is 0 Å². The number of pyridine rings is 1. The zero-order valence-corrected chi connectivity index (χ0v) is 22.8. The number of aromatic nitrogens is 3. The van der Waals surface area contributed by atoms with Gasteiger partial charge in [-0.1, -0.05) is 0 Å². The number of carbonyl (C=O) groups excluding carboxylic acids is 1. The number of rotatable bonds is 9. The maximum atomic E-state index is 12.7. The lowest BCUT2D eigenvalue weighted by molar-refractivity contribution is -0.131. The van der Waals surface area contributed by atoms with E-state index in [0.717, 1.165) is 81.4 Å². The van der Waals surface area contributed by atoms with Crippen molar-refractivity contribution in [3.63, 3.8) is 0 Å². The number of nitrogens with zero attached hydrogens (tertiary/aromatic N) is 6. The van der Waals surface area contributed by atoms with Crippen molar-refractivity contribution in [1.29, 1.82) is 0 Å². The van der Waals surface area contributed by atoms with E-state index in [0.29, 0.717) is 24.6 Å². The number of thioether (sulfide) groups is 1. The van der Waals surface area contributed by atoms with Crippen molar-refractivity contribution in [2.45, 2.75) is 13.0 Å². The fourth-order valence-corrected chi connectivity index (χ4v) is 5.35. The summed E-state index contributed by atoms with van der Waals surface area (Å²) in [6.45, 7) is 8.53. The van der Waals surface area contributed by atoms with Gasteiger partial charge in [-0.25, -0.2) is 4.98 Å². The van der Waals surface area contributed by atoms with Gasteiger partial charge in [-0.15, -0.1) is 0 Å². The minimum atomic E-state index is -0.0484. The summed E-state index contributed by atoms with van der Waals surface area (Å²) in [5.74, 6) is 1.59. The molecule has 4 heterocycles. The van der Waals surface area contributed by atoms with Crippen molar-refractivity contribution in [3.8, 4) is 0 Å². The largest absolute Gasteiger partial charge is 0.368 e. The first-order valence-corrected chi connectivity index (χ1v) is 14.7. The van der Waals surface area contributed by atoms with Crippen LogP contribution in [0.5, 0.6) is 0 Å². The van der Waals surface area contributed by atoms with E-state index in [1.165, 1.54) is 0 Å². The van der Waals surface area contributed by atoms with E-state index in [1.54, 1.807) is 34.7 Å². The van der Waals surface area contributed by atoms with E-state index in [-0.39, 0.29) is 11.5 Å². The van der Waals surface area contributed by atoms with Crippen LogP contribution < -0.4 is 21.1 Å². The van der Waals surface area contributed by atoms with Crippen LogP contribution in [-0.4, -0.2) is 101 Å². The van der Waals surface area contributed by atoms with Crippen LogP contribution in [-0.2, 0) is 11.3 Å². The lowest BCUT2D eigenvalue weighted by Gasteiger charge is -2.36. The second-order valence-electron chi connectivity index (χ2n) is 9.67. The van der Waals surface area contributed by atoms with Crippen LogP contribution in [0.25, 0.3) is 11.0 Å². The lowest BCUT2D eigenvalue weighted by atomic mass is 10.2. The van der Waals surface area contributed by atoms with Crippen LogP contribution >= 0.6 is 11.8 Å². The molecule has 0 aliphatic carbocycles. The molecule has 3 aromatic rings. The fraction of sp³-hybridized carbons (Fsp3) is 0.481. The summed E-state index contributed by atoms with van der Waals surface area (Å²) in [6.07, 6.45) is 4.41. The highest BCUT2D eigenvalue weighted by Crippen LogP contribution is 2.22. The van der Waals surface area contributed by atoms with Gasteiger partial charge in [-0.2, -0.15) is 16.7 Å². The molecule has 0 unspecified atom stereocenters. The van der Waals surface area contributed by atoms with Gasteiger partial charge in [0.25, 0.3) is 5.56 Å². The van der Waals surface area contributed by atoms with E-state index >= 15 is 0 Å². The third-order valence-corrected chi connectivity index (χ3v) is 7.83. The van der Waals surface area contributed by atoms with Crippen molar-refractivity contribution in [3.05, 3.63) is 52.9 Å². The van der Waals surface area contributed by atoms with Gasteiger partial charge in [0.05, 0.1) is 0 Å². The van der Waals surface area contributed by atoms with Crippen LogP contribution in [0.4, 0.5) is 17.3 Å². The number of fused-ring (bicyclic) bond motifs is 1. The molecule has 0 atom stereocenters. The standard InChI is InChI=1S/C27H36N8O2S/c1-38-19-8-24(36)34-16-14-33(15-17-34)23-5-3-22(4-6-23)30-27-29-20-21-2-7-25(37)35(26(21)31-27)18-13-32-11-9-28-10-12-32/h2-7,20,28H,8-19H2,1H3,(H,29,30,31). The quantitative estimate of drug-likeness (QED) is 0.425. The average Bonchev–Trinajstić information content (AvgIpc) is 2.96. The first-order valence-electron chi connectivity index (χ1n) is 13.3. The monoisotopic (exact) mass is 536 g/mol. The van der Waals surface area contributed by atoms with Gasteiger partial charge in [0.2, 0.25) is 11.9 Å². The molecule has 2 N–H and O–H groups in total. The number of hydrogen-bond acceptors (Lipinski definition) is 9. The number of benzene rings is 1. The van der Waals surface area contributed by atoms with E-state index in [1.807, 2.05) is 23.3 Å². The number of anilines is 3. The average molecular weight is 537 g/mol. The first-order chi connectivity index (χ1) is 18.6. The van der Waals surface area contributed by atoms with Gasteiger partial charge in [0.1, 0.15) is 5.65 Å². The third kappa shape index (κ3) is 6.46. The summed E-state index contributed by atoms with van der Waals surface area (Å²) in [4.78, 5) is 40.8. The second kappa shape index (κ2) is 12.6. The normalized spacial score (nSPS) is 16.7. The van der Waals surface area contributed by atoms with Crippen molar-refractivity contribution >= 4 is 46.0 Å². The number of amides is 1. The van der Waals surface area contributed by atoms with Gasteiger partial charge < -0.3 is 20.4 Å². The Bertz CT molecular complexity index is 1280. The molecule has 0 radical (unpaired) electrons. The Kier molecular flexibility index (Phi) is 8.77. The van der Waals surface area contributed by atoms with E-state index in [2.05, 4.69) is 37.6 Å². The summed E-state index contributed by atoms with van der Waals surface area (Å²) in [6, 6.07) is 11.6. The molecule has 10 nitrogen and oxygen atoms in total. The Morgan fingerprint density at radius 3 is 2.50 bits per heavy atom. The molecular formula is C27H36N8O2S. The summed E-state index contributed by atoms with van der Waals surface area (Å²) >= 11 is 1.71. The lowest BCUT2D eigenvalue weighted by Crippen LogP contribution is -2.48. The smallest absolute Gasteiger partial charge is 0.252 e. The molecule has 5 rings (SSSR count).